The van der Waals surface area contributed by atoms with Crippen LogP contribution in [0.4, 0.5) is 5.69 Å². The summed E-state index contributed by atoms with van der Waals surface area (Å²) >= 11 is 7.36. The maximum atomic E-state index is 12.6. The lowest BCUT2D eigenvalue weighted by Gasteiger charge is -2.11. The molecule has 0 radical (unpaired) electrons. The predicted molar refractivity (Wildman–Crippen MR) is 135 cm³/mol. The molecule has 12 heteroatoms. The lowest BCUT2D eigenvalue weighted by atomic mass is 10.1. The first-order valence-corrected chi connectivity index (χ1v) is 12.0. The van der Waals surface area contributed by atoms with E-state index in [-0.39, 0.29) is 29.2 Å². The highest BCUT2D eigenvalue weighted by molar-refractivity contribution is 7.99. The number of aromatic nitrogens is 3. The van der Waals surface area contributed by atoms with E-state index in [0.29, 0.717) is 21.8 Å². The van der Waals surface area contributed by atoms with Gasteiger partial charge in [-0.2, -0.15) is 0 Å². The standard InChI is InChI=1S/C24H25ClN4O6S/c1-13-8-16(9-14(2)21(13)25)35-11-19-27-28-24(29(19)3)36-12-20(30)26-18-10-15(22(31)33-4)6-7-17(18)23(32)34-5/h6-10H,11-12H2,1-5H3,(H,26,30). The van der Waals surface area contributed by atoms with Crippen molar-refractivity contribution in [3.8, 4) is 5.75 Å². The first kappa shape index (κ1) is 27.0. The first-order valence-electron chi connectivity index (χ1n) is 10.7. The Morgan fingerprint density at radius 2 is 1.69 bits per heavy atom. The van der Waals surface area contributed by atoms with E-state index in [1.54, 1.807) is 11.6 Å². The summed E-state index contributed by atoms with van der Waals surface area (Å²) in [5.74, 6) is -0.457. The molecular weight excluding hydrogens is 508 g/mol. The van der Waals surface area contributed by atoms with E-state index in [1.807, 2.05) is 26.0 Å². The molecule has 0 saturated heterocycles. The fourth-order valence-electron chi connectivity index (χ4n) is 3.23. The molecule has 0 saturated carbocycles. The number of nitrogens with one attached hydrogen (secondary N) is 1. The van der Waals surface area contributed by atoms with Gasteiger partial charge in [-0.1, -0.05) is 23.4 Å². The minimum atomic E-state index is -0.654. The second kappa shape index (κ2) is 11.9. The molecule has 0 aliphatic carbocycles. The quantitative estimate of drug-likeness (QED) is 0.322. The summed E-state index contributed by atoms with van der Waals surface area (Å²) in [5, 5.41) is 12.1. The molecule has 1 N–H and O–H groups in total. The zero-order valence-electron chi connectivity index (χ0n) is 20.4. The van der Waals surface area contributed by atoms with E-state index < -0.39 is 17.8 Å². The van der Waals surface area contributed by atoms with E-state index in [9.17, 15) is 14.4 Å². The van der Waals surface area contributed by atoms with Crippen molar-refractivity contribution < 1.29 is 28.6 Å². The number of halogens is 1. The molecule has 3 aromatic rings. The Morgan fingerprint density at radius 1 is 1.03 bits per heavy atom. The Labute approximate surface area is 217 Å². The number of thioether (sulfide) groups is 1. The van der Waals surface area contributed by atoms with Gasteiger partial charge < -0.3 is 24.1 Å². The summed E-state index contributed by atoms with van der Waals surface area (Å²) in [6.45, 7) is 3.99. The van der Waals surface area contributed by atoms with Gasteiger partial charge in [0.25, 0.3) is 0 Å². The number of carbonyl (C=O) groups excluding carboxylic acids is 3. The third-order valence-electron chi connectivity index (χ3n) is 5.16. The number of aryl methyl sites for hydroxylation is 2. The summed E-state index contributed by atoms with van der Waals surface area (Å²) < 4.78 is 17.0. The normalized spacial score (nSPS) is 10.6. The maximum absolute atomic E-state index is 12.6. The van der Waals surface area contributed by atoms with E-state index >= 15 is 0 Å². The van der Waals surface area contributed by atoms with Crippen molar-refractivity contribution in [3.05, 3.63) is 63.4 Å². The van der Waals surface area contributed by atoms with Crippen LogP contribution in [-0.2, 0) is 27.9 Å². The molecule has 3 rings (SSSR count). The predicted octanol–water partition coefficient (Wildman–Crippen LogP) is 3.97. The number of rotatable bonds is 9. The molecule has 0 aliphatic heterocycles. The summed E-state index contributed by atoms with van der Waals surface area (Å²) in [7, 11) is 4.23. The molecule has 0 fully saturated rings. The van der Waals surface area contributed by atoms with Gasteiger partial charge in [-0.05, 0) is 55.3 Å². The minimum Gasteiger partial charge on any atom is -0.486 e. The summed E-state index contributed by atoms with van der Waals surface area (Å²) in [6, 6.07) is 7.86. The fourth-order valence-corrected chi connectivity index (χ4v) is 4.07. The molecule has 1 amide bonds. The topological polar surface area (TPSA) is 122 Å². The number of benzene rings is 2. The SMILES string of the molecule is COC(=O)c1ccc(C(=O)OC)c(NC(=O)CSc2nnc(COc3cc(C)c(Cl)c(C)c3)n2C)c1. The van der Waals surface area contributed by atoms with Crippen molar-refractivity contribution in [3.63, 3.8) is 0 Å². The van der Waals surface area contributed by atoms with Gasteiger partial charge in [0.2, 0.25) is 5.91 Å². The largest absolute Gasteiger partial charge is 0.486 e. The number of carbonyl (C=O) groups is 3. The van der Waals surface area contributed by atoms with Gasteiger partial charge in [0.15, 0.2) is 11.0 Å². The Bertz CT molecular complexity index is 1290. The molecule has 0 spiro atoms. The van der Waals surface area contributed by atoms with Gasteiger partial charge >= 0.3 is 11.9 Å². The highest BCUT2D eigenvalue weighted by Gasteiger charge is 2.18. The van der Waals surface area contributed by atoms with Gasteiger partial charge in [-0.25, -0.2) is 9.59 Å². The van der Waals surface area contributed by atoms with Crippen LogP contribution in [-0.4, -0.2) is 52.6 Å². The van der Waals surface area contributed by atoms with Crippen molar-refractivity contribution in [2.45, 2.75) is 25.6 Å². The van der Waals surface area contributed by atoms with Crippen LogP contribution in [0.1, 0.15) is 37.7 Å². The number of amides is 1. The number of anilines is 1. The van der Waals surface area contributed by atoms with Crippen LogP contribution >= 0.6 is 23.4 Å². The third-order valence-corrected chi connectivity index (χ3v) is 6.77. The van der Waals surface area contributed by atoms with Gasteiger partial charge in [0, 0.05) is 12.1 Å². The number of methoxy groups -OCH3 is 2. The number of esters is 2. The molecule has 1 heterocycles. The summed E-state index contributed by atoms with van der Waals surface area (Å²) in [4.78, 5) is 36.6. The molecular formula is C24H25ClN4O6S. The molecule has 0 unspecified atom stereocenters. The van der Waals surface area contributed by atoms with E-state index in [0.717, 1.165) is 22.9 Å². The van der Waals surface area contributed by atoms with Gasteiger partial charge in [0.1, 0.15) is 12.4 Å². The van der Waals surface area contributed by atoms with Gasteiger partial charge in [-0.3, -0.25) is 4.79 Å². The Kier molecular flexibility index (Phi) is 8.94. The van der Waals surface area contributed by atoms with Gasteiger partial charge in [0.05, 0.1) is 36.8 Å². The monoisotopic (exact) mass is 532 g/mol. The van der Waals surface area contributed by atoms with Crippen LogP contribution in [0.5, 0.6) is 5.75 Å². The Morgan fingerprint density at radius 3 is 2.33 bits per heavy atom. The van der Waals surface area contributed by atoms with Crippen LogP contribution in [0, 0.1) is 13.8 Å². The minimum absolute atomic E-state index is 0.0224. The van der Waals surface area contributed by atoms with Crippen molar-refractivity contribution in [2.75, 3.05) is 25.3 Å². The summed E-state index contributed by atoms with van der Waals surface area (Å²) in [5.41, 5.74) is 2.25. The number of nitrogens with zero attached hydrogens (tertiary/aromatic N) is 3. The van der Waals surface area contributed by atoms with Gasteiger partial charge in [-0.15, -0.1) is 10.2 Å². The van der Waals surface area contributed by atoms with Crippen molar-refractivity contribution in [2.24, 2.45) is 7.05 Å². The zero-order valence-corrected chi connectivity index (χ0v) is 22.0. The van der Waals surface area contributed by atoms with E-state index in [4.69, 9.17) is 25.8 Å². The Balaban J connectivity index is 1.65. The average molecular weight is 533 g/mol. The van der Waals surface area contributed by atoms with Crippen LogP contribution in [0.15, 0.2) is 35.5 Å². The zero-order chi connectivity index (χ0) is 26.4. The lowest BCUT2D eigenvalue weighted by Crippen LogP contribution is -2.18. The van der Waals surface area contributed by atoms with Crippen LogP contribution in [0.2, 0.25) is 5.02 Å². The maximum Gasteiger partial charge on any atom is 0.339 e. The molecule has 0 aliphatic rings. The lowest BCUT2D eigenvalue weighted by molar-refractivity contribution is -0.113. The second-order valence-corrected chi connectivity index (χ2v) is 9.02. The van der Waals surface area contributed by atoms with Crippen molar-refractivity contribution in [1.29, 1.82) is 0 Å². The summed E-state index contributed by atoms with van der Waals surface area (Å²) in [6.07, 6.45) is 0. The van der Waals surface area contributed by atoms with E-state index in [2.05, 4.69) is 15.5 Å². The molecule has 36 heavy (non-hydrogen) atoms. The molecule has 0 bridgehead atoms. The van der Waals surface area contributed by atoms with Crippen LogP contribution in [0.25, 0.3) is 0 Å². The van der Waals surface area contributed by atoms with Crippen molar-refractivity contribution in [1.82, 2.24) is 14.8 Å². The first-order chi connectivity index (χ1) is 17.1. The van der Waals surface area contributed by atoms with Crippen LogP contribution < -0.4 is 10.1 Å². The van der Waals surface area contributed by atoms with Crippen LogP contribution in [0.3, 0.4) is 0 Å². The fraction of sp³-hybridized carbons (Fsp3) is 0.292. The molecule has 0 atom stereocenters. The molecule has 2 aromatic carbocycles. The smallest absolute Gasteiger partial charge is 0.339 e. The number of ether oxygens (including phenoxy) is 3. The number of hydrogen-bond acceptors (Lipinski definition) is 9. The molecule has 10 nitrogen and oxygen atoms in total. The highest BCUT2D eigenvalue weighted by Crippen LogP contribution is 2.27. The van der Waals surface area contributed by atoms with Crippen molar-refractivity contribution >= 4 is 46.9 Å². The second-order valence-electron chi connectivity index (χ2n) is 7.70. The highest BCUT2D eigenvalue weighted by atomic mass is 35.5. The third kappa shape index (κ3) is 6.35. The Hall–Kier alpha value is -3.57. The molecule has 190 valence electrons. The average Bonchev–Trinajstić information content (AvgIpc) is 3.22. The molecule has 1 aromatic heterocycles. The number of hydrogen-bond donors (Lipinski definition) is 1. The van der Waals surface area contributed by atoms with E-state index in [1.165, 1.54) is 32.4 Å².